The largest absolute Gasteiger partial charge is 0.497 e. The Morgan fingerprint density at radius 3 is 2.61 bits per heavy atom. The number of hydrogen-bond donors (Lipinski definition) is 2. The Morgan fingerprint density at radius 1 is 1.25 bits per heavy atom. The van der Waals surface area contributed by atoms with Crippen LogP contribution in [-0.4, -0.2) is 49.4 Å². The Bertz CT molecular complexity index is 1060. The molecule has 0 bridgehead atoms. The SMILES string of the molecule is COc1ccc(C2=NN(c3nc(N)cc4ncnn34)C(O)(C(F)(F)F)C2)cc1. The van der Waals surface area contributed by atoms with Gasteiger partial charge in [0.15, 0.2) is 5.65 Å². The van der Waals surface area contributed by atoms with E-state index < -0.39 is 24.3 Å². The molecule has 0 saturated carbocycles. The van der Waals surface area contributed by atoms with E-state index in [0.717, 1.165) is 10.8 Å². The molecule has 4 rings (SSSR count). The first-order valence-electron chi connectivity index (χ1n) is 8.00. The van der Waals surface area contributed by atoms with E-state index in [2.05, 4.69) is 20.2 Å². The number of anilines is 2. The highest BCUT2D eigenvalue weighted by Crippen LogP contribution is 2.43. The molecule has 1 aliphatic heterocycles. The number of fused-ring (bicyclic) bond motifs is 1. The first kappa shape index (κ1) is 18.0. The molecule has 12 heteroatoms. The molecule has 1 atom stereocenters. The van der Waals surface area contributed by atoms with Crippen LogP contribution in [-0.2, 0) is 0 Å². The first-order chi connectivity index (χ1) is 13.2. The number of benzene rings is 1. The highest BCUT2D eigenvalue weighted by Gasteiger charge is 2.63. The lowest BCUT2D eigenvalue weighted by Gasteiger charge is -2.33. The number of hydrogen-bond acceptors (Lipinski definition) is 8. The number of methoxy groups -OCH3 is 1. The van der Waals surface area contributed by atoms with Crippen molar-refractivity contribution in [3.8, 4) is 5.75 Å². The second kappa shape index (κ2) is 6.05. The summed E-state index contributed by atoms with van der Waals surface area (Å²) in [5.74, 6) is 0.0380. The van der Waals surface area contributed by atoms with Crippen LogP contribution in [0.2, 0.25) is 0 Å². The summed E-state index contributed by atoms with van der Waals surface area (Å²) in [6.07, 6.45) is -4.71. The van der Waals surface area contributed by atoms with E-state index in [-0.39, 0.29) is 17.2 Å². The number of halogens is 3. The Kier molecular flexibility index (Phi) is 3.89. The lowest BCUT2D eigenvalue weighted by Crippen LogP contribution is -2.55. The summed E-state index contributed by atoms with van der Waals surface area (Å²) in [7, 11) is 1.47. The monoisotopic (exact) mass is 393 g/mol. The molecule has 0 saturated heterocycles. The minimum absolute atomic E-state index is 0.0139. The average Bonchev–Trinajstić information content (AvgIpc) is 3.25. The summed E-state index contributed by atoms with van der Waals surface area (Å²) in [4.78, 5) is 7.79. The molecular formula is C16H14F3N7O2. The number of nitrogens with two attached hydrogens (primary N) is 1. The minimum Gasteiger partial charge on any atom is -0.497 e. The van der Waals surface area contributed by atoms with Gasteiger partial charge in [-0.3, -0.25) is 0 Å². The summed E-state index contributed by atoms with van der Waals surface area (Å²) in [6.45, 7) is 0. The van der Waals surface area contributed by atoms with E-state index in [9.17, 15) is 18.3 Å². The van der Waals surface area contributed by atoms with Crippen LogP contribution in [0.5, 0.6) is 5.75 Å². The average molecular weight is 393 g/mol. The maximum atomic E-state index is 13.8. The molecule has 0 radical (unpaired) electrons. The quantitative estimate of drug-likeness (QED) is 0.694. The van der Waals surface area contributed by atoms with E-state index in [4.69, 9.17) is 10.5 Å². The molecule has 28 heavy (non-hydrogen) atoms. The van der Waals surface area contributed by atoms with Crippen molar-refractivity contribution in [1.82, 2.24) is 19.6 Å². The maximum Gasteiger partial charge on any atom is 0.438 e. The van der Waals surface area contributed by atoms with Crippen molar-refractivity contribution in [3.63, 3.8) is 0 Å². The standard InChI is InChI=1S/C16H14F3N7O2/c1-28-10-4-2-9(3-5-10)11-7-15(27,16(17,18)19)26(24-11)14-23-12(20)6-13-21-8-22-25(13)14/h2-6,8,27H,7,20H2,1H3. The lowest BCUT2D eigenvalue weighted by atomic mass is 10.0. The molecule has 146 valence electrons. The van der Waals surface area contributed by atoms with Crippen molar-refractivity contribution >= 4 is 23.1 Å². The fourth-order valence-corrected chi connectivity index (χ4v) is 2.89. The number of rotatable bonds is 3. The van der Waals surface area contributed by atoms with Crippen molar-refractivity contribution in [2.45, 2.75) is 18.3 Å². The zero-order valence-electron chi connectivity index (χ0n) is 14.4. The molecule has 1 aliphatic rings. The topological polar surface area (TPSA) is 114 Å². The molecule has 3 aromatic rings. The van der Waals surface area contributed by atoms with Gasteiger partial charge in [0.05, 0.1) is 19.2 Å². The van der Waals surface area contributed by atoms with Gasteiger partial charge in [-0.2, -0.15) is 37.9 Å². The van der Waals surface area contributed by atoms with Gasteiger partial charge < -0.3 is 15.6 Å². The minimum atomic E-state index is -5.04. The fraction of sp³-hybridized carbons (Fsp3) is 0.250. The van der Waals surface area contributed by atoms with Crippen LogP contribution in [0.15, 0.2) is 41.8 Å². The molecule has 1 aromatic carbocycles. The number of nitrogens with zero attached hydrogens (tertiary/aromatic N) is 6. The van der Waals surface area contributed by atoms with Gasteiger partial charge in [-0.1, -0.05) is 0 Å². The van der Waals surface area contributed by atoms with Gasteiger partial charge in [0.2, 0.25) is 0 Å². The Balaban J connectivity index is 1.87. The Labute approximate surface area is 155 Å². The molecule has 1 unspecified atom stereocenters. The molecule has 3 heterocycles. The van der Waals surface area contributed by atoms with Gasteiger partial charge in [0, 0.05) is 6.07 Å². The van der Waals surface area contributed by atoms with E-state index in [1.54, 1.807) is 24.3 Å². The number of ether oxygens (including phenoxy) is 1. The second-order valence-corrected chi connectivity index (χ2v) is 6.09. The molecule has 9 nitrogen and oxygen atoms in total. The third kappa shape index (κ3) is 2.69. The Hall–Kier alpha value is -3.41. The van der Waals surface area contributed by atoms with Crippen LogP contribution >= 0.6 is 0 Å². The van der Waals surface area contributed by atoms with E-state index in [0.29, 0.717) is 16.3 Å². The molecule has 3 N–H and O–H groups in total. The Morgan fingerprint density at radius 2 is 1.96 bits per heavy atom. The summed E-state index contributed by atoms with van der Waals surface area (Å²) in [6, 6.07) is 7.61. The normalized spacial score (nSPS) is 19.9. The molecule has 0 fully saturated rings. The highest BCUT2D eigenvalue weighted by atomic mass is 19.4. The van der Waals surface area contributed by atoms with E-state index in [1.807, 2.05) is 0 Å². The van der Waals surface area contributed by atoms with Crippen molar-refractivity contribution in [2.24, 2.45) is 5.10 Å². The van der Waals surface area contributed by atoms with Crippen LogP contribution < -0.4 is 15.5 Å². The lowest BCUT2D eigenvalue weighted by molar-refractivity contribution is -0.254. The predicted molar refractivity (Wildman–Crippen MR) is 92.8 cm³/mol. The first-order valence-corrected chi connectivity index (χ1v) is 8.00. The van der Waals surface area contributed by atoms with Crippen molar-refractivity contribution in [1.29, 1.82) is 0 Å². The van der Waals surface area contributed by atoms with Crippen LogP contribution in [0.1, 0.15) is 12.0 Å². The zero-order valence-corrected chi connectivity index (χ0v) is 14.4. The van der Waals surface area contributed by atoms with Crippen molar-refractivity contribution in [3.05, 3.63) is 42.2 Å². The van der Waals surface area contributed by atoms with Crippen LogP contribution in [0, 0.1) is 0 Å². The number of aromatic nitrogens is 4. The van der Waals surface area contributed by atoms with Crippen LogP contribution in [0.4, 0.5) is 24.9 Å². The molecule has 0 amide bonds. The maximum absolute atomic E-state index is 13.8. The fourth-order valence-electron chi connectivity index (χ4n) is 2.89. The van der Waals surface area contributed by atoms with Crippen LogP contribution in [0.25, 0.3) is 5.65 Å². The van der Waals surface area contributed by atoms with Crippen molar-refractivity contribution in [2.75, 3.05) is 17.9 Å². The zero-order chi connectivity index (χ0) is 20.1. The van der Waals surface area contributed by atoms with Crippen LogP contribution in [0.3, 0.4) is 0 Å². The summed E-state index contributed by atoms with van der Waals surface area (Å²) >= 11 is 0. The van der Waals surface area contributed by atoms with Crippen molar-refractivity contribution < 1.29 is 23.0 Å². The number of alkyl halides is 3. The number of nitrogen functional groups attached to an aromatic ring is 1. The van der Waals surface area contributed by atoms with Gasteiger partial charge >= 0.3 is 6.18 Å². The molecule has 0 spiro atoms. The second-order valence-electron chi connectivity index (χ2n) is 6.09. The highest BCUT2D eigenvalue weighted by molar-refractivity contribution is 6.03. The summed E-state index contributed by atoms with van der Waals surface area (Å²) < 4.78 is 47.5. The number of aliphatic hydroxyl groups is 1. The summed E-state index contributed by atoms with van der Waals surface area (Å²) in [5.41, 5.74) is 2.93. The van der Waals surface area contributed by atoms with E-state index in [1.165, 1.54) is 13.2 Å². The smallest absolute Gasteiger partial charge is 0.438 e. The van der Waals surface area contributed by atoms with Gasteiger partial charge in [0.25, 0.3) is 11.7 Å². The third-order valence-electron chi connectivity index (χ3n) is 4.32. The predicted octanol–water partition coefficient (Wildman–Crippen LogP) is 1.58. The van der Waals surface area contributed by atoms with Gasteiger partial charge in [-0.25, -0.2) is 4.98 Å². The molecular weight excluding hydrogens is 379 g/mol. The van der Waals surface area contributed by atoms with Gasteiger partial charge in [-0.15, -0.1) is 0 Å². The van der Waals surface area contributed by atoms with Gasteiger partial charge in [-0.05, 0) is 29.8 Å². The number of hydrazone groups is 1. The molecule has 2 aromatic heterocycles. The molecule has 0 aliphatic carbocycles. The third-order valence-corrected chi connectivity index (χ3v) is 4.32. The summed E-state index contributed by atoms with van der Waals surface area (Å²) in [5, 5.41) is 18.8. The van der Waals surface area contributed by atoms with E-state index >= 15 is 0 Å². The van der Waals surface area contributed by atoms with Gasteiger partial charge in [0.1, 0.15) is 17.9 Å².